The lowest BCUT2D eigenvalue weighted by molar-refractivity contribution is -0.115. The van der Waals surface area contributed by atoms with E-state index in [-0.39, 0.29) is 17.2 Å². The van der Waals surface area contributed by atoms with Crippen molar-refractivity contribution >= 4 is 33.0 Å². The van der Waals surface area contributed by atoms with Gasteiger partial charge in [0.15, 0.2) is 0 Å². The van der Waals surface area contributed by atoms with Crippen molar-refractivity contribution in [3.05, 3.63) is 53.2 Å². The van der Waals surface area contributed by atoms with E-state index in [9.17, 15) is 13.2 Å². The zero-order valence-electron chi connectivity index (χ0n) is 16.6. The van der Waals surface area contributed by atoms with E-state index in [1.165, 1.54) is 23.5 Å². The van der Waals surface area contributed by atoms with Gasteiger partial charge >= 0.3 is 0 Å². The predicted molar refractivity (Wildman–Crippen MR) is 113 cm³/mol. The molecule has 1 aromatic carbocycles. The van der Waals surface area contributed by atoms with Crippen molar-refractivity contribution in [3.8, 4) is 10.8 Å². The molecule has 7 nitrogen and oxygen atoms in total. The molecule has 0 atom stereocenters. The average molecular weight is 434 g/mol. The molecule has 0 fully saturated rings. The standard InChI is InChI=1S/C20H23N3O4S2/c1-13-16(22-19(27-13)17-9-6-10-28-17)12-18(24)21-14-7-5-8-15(11-14)29(25,26)23-20(2,3)4/h5-11,23H,12H2,1-4H3,(H,21,24). The van der Waals surface area contributed by atoms with Crippen LogP contribution >= 0.6 is 11.3 Å². The zero-order valence-corrected chi connectivity index (χ0v) is 18.3. The molecule has 0 saturated heterocycles. The molecule has 2 N–H and O–H groups in total. The molecule has 0 spiro atoms. The van der Waals surface area contributed by atoms with Crippen LogP contribution in [0, 0.1) is 6.92 Å². The lowest BCUT2D eigenvalue weighted by Gasteiger charge is -2.20. The predicted octanol–water partition coefficient (Wildman–Crippen LogP) is 3.97. The van der Waals surface area contributed by atoms with Crippen LogP contribution < -0.4 is 10.0 Å². The molecule has 0 aliphatic heterocycles. The van der Waals surface area contributed by atoms with Gasteiger partial charge in [0, 0.05) is 11.2 Å². The van der Waals surface area contributed by atoms with Gasteiger partial charge in [0.1, 0.15) is 5.76 Å². The summed E-state index contributed by atoms with van der Waals surface area (Å²) in [5, 5.41) is 4.65. The van der Waals surface area contributed by atoms with Gasteiger partial charge in [-0.15, -0.1) is 11.3 Å². The van der Waals surface area contributed by atoms with Gasteiger partial charge in [-0.25, -0.2) is 18.1 Å². The molecule has 3 rings (SSSR count). The van der Waals surface area contributed by atoms with E-state index in [1.54, 1.807) is 39.8 Å². The fraction of sp³-hybridized carbons (Fsp3) is 0.300. The fourth-order valence-electron chi connectivity index (χ4n) is 2.66. The third kappa shape index (κ3) is 5.53. The molecule has 0 bridgehead atoms. The van der Waals surface area contributed by atoms with E-state index in [4.69, 9.17) is 4.42 Å². The van der Waals surface area contributed by atoms with Crippen LogP contribution in [0.25, 0.3) is 10.8 Å². The lowest BCUT2D eigenvalue weighted by Crippen LogP contribution is -2.40. The summed E-state index contributed by atoms with van der Waals surface area (Å²) in [5.41, 5.74) is 0.332. The van der Waals surface area contributed by atoms with E-state index in [2.05, 4.69) is 15.0 Å². The van der Waals surface area contributed by atoms with Crippen LogP contribution in [0.2, 0.25) is 0 Å². The van der Waals surface area contributed by atoms with E-state index < -0.39 is 15.6 Å². The molecular weight excluding hydrogens is 410 g/mol. The van der Waals surface area contributed by atoms with E-state index in [0.29, 0.717) is 23.0 Å². The maximum Gasteiger partial charge on any atom is 0.241 e. The quantitative estimate of drug-likeness (QED) is 0.612. The van der Waals surface area contributed by atoms with Gasteiger partial charge in [-0.1, -0.05) is 12.1 Å². The van der Waals surface area contributed by atoms with Crippen molar-refractivity contribution in [2.75, 3.05) is 5.32 Å². The van der Waals surface area contributed by atoms with Crippen LogP contribution in [0.15, 0.2) is 51.1 Å². The molecule has 29 heavy (non-hydrogen) atoms. The number of benzene rings is 1. The van der Waals surface area contributed by atoms with Crippen LogP contribution in [0.1, 0.15) is 32.2 Å². The number of sulfonamides is 1. The minimum absolute atomic E-state index is 0.0257. The Morgan fingerprint density at radius 2 is 1.97 bits per heavy atom. The fourth-order valence-corrected chi connectivity index (χ4v) is 4.77. The van der Waals surface area contributed by atoms with Crippen LogP contribution in [0.5, 0.6) is 0 Å². The van der Waals surface area contributed by atoms with Gasteiger partial charge < -0.3 is 9.73 Å². The van der Waals surface area contributed by atoms with Crippen molar-refractivity contribution in [1.29, 1.82) is 0 Å². The van der Waals surface area contributed by atoms with Gasteiger partial charge in [0.05, 0.1) is 21.9 Å². The van der Waals surface area contributed by atoms with Crippen LogP contribution in [0.3, 0.4) is 0 Å². The average Bonchev–Trinajstić information content (AvgIpc) is 3.23. The smallest absolute Gasteiger partial charge is 0.241 e. The Labute approximate surface area is 174 Å². The number of anilines is 1. The SMILES string of the molecule is Cc1oc(-c2cccs2)nc1CC(=O)Nc1cccc(S(=O)(=O)NC(C)(C)C)c1. The largest absolute Gasteiger partial charge is 0.440 e. The first-order valence-corrected chi connectivity index (χ1v) is 11.3. The minimum Gasteiger partial charge on any atom is -0.440 e. The highest BCUT2D eigenvalue weighted by molar-refractivity contribution is 7.89. The van der Waals surface area contributed by atoms with E-state index >= 15 is 0 Å². The number of hydrogen-bond acceptors (Lipinski definition) is 6. The molecule has 2 heterocycles. The molecule has 3 aromatic rings. The summed E-state index contributed by atoms with van der Waals surface area (Å²) in [6.07, 6.45) is 0.0257. The number of hydrogen-bond donors (Lipinski definition) is 2. The van der Waals surface area contributed by atoms with Gasteiger partial charge in [-0.3, -0.25) is 4.79 Å². The van der Waals surface area contributed by atoms with Gasteiger partial charge in [0.25, 0.3) is 0 Å². The number of nitrogens with zero attached hydrogens (tertiary/aromatic N) is 1. The van der Waals surface area contributed by atoms with E-state index in [0.717, 1.165) is 4.88 Å². The summed E-state index contributed by atoms with van der Waals surface area (Å²) in [6, 6.07) is 9.94. The minimum atomic E-state index is -3.69. The normalized spacial score (nSPS) is 12.1. The number of carbonyl (C=O) groups is 1. The van der Waals surface area contributed by atoms with Gasteiger partial charge in [-0.05, 0) is 57.3 Å². The second-order valence-electron chi connectivity index (χ2n) is 7.61. The number of nitrogens with one attached hydrogen (secondary N) is 2. The number of carbonyl (C=O) groups excluding carboxylic acids is 1. The molecule has 2 aromatic heterocycles. The Hall–Kier alpha value is -2.49. The second-order valence-corrected chi connectivity index (χ2v) is 10.2. The highest BCUT2D eigenvalue weighted by atomic mass is 32.2. The molecule has 0 unspecified atom stereocenters. The molecule has 1 amide bonds. The molecule has 0 aliphatic rings. The molecule has 0 saturated carbocycles. The summed E-state index contributed by atoms with van der Waals surface area (Å²) in [7, 11) is -3.69. The number of aromatic nitrogens is 1. The Balaban J connectivity index is 1.72. The van der Waals surface area contributed by atoms with Crippen molar-refractivity contribution in [2.24, 2.45) is 0 Å². The Kier molecular flexibility index (Phi) is 5.92. The second kappa shape index (κ2) is 8.10. The Morgan fingerprint density at radius 1 is 1.21 bits per heavy atom. The van der Waals surface area contributed by atoms with Crippen molar-refractivity contribution in [2.45, 2.75) is 44.6 Å². The van der Waals surface area contributed by atoms with Gasteiger partial charge in [0.2, 0.25) is 21.8 Å². The third-order valence-corrected chi connectivity index (χ3v) is 6.43. The lowest BCUT2D eigenvalue weighted by atomic mass is 10.1. The monoisotopic (exact) mass is 433 g/mol. The summed E-state index contributed by atoms with van der Waals surface area (Å²) < 4.78 is 33.2. The Bertz CT molecular complexity index is 1110. The van der Waals surface area contributed by atoms with Crippen LogP contribution in [-0.2, 0) is 21.2 Å². The number of thiophene rings is 1. The summed E-state index contributed by atoms with van der Waals surface area (Å²) in [6.45, 7) is 7.06. The first-order valence-electron chi connectivity index (χ1n) is 8.97. The van der Waals surface area contributed by atoms with E-state index in [1.807, 2.05) is 17.5 Å². The third-order valence-electron chi connectivity index (χ3n) is 3.82. The summed E-state index contributed by atoms with van der Waals surface area (Å²) in [4.78, 5) is 17.9. The Morgan fingerprint density at radius 3 is 2.62 bits per heavy atom. The van der Waals surface area contributed by atoms with Crippen molar-refractivity contribution in [1.82, 2.24) is 9.71 Å². The topological polar surface area (TPSA) is 101 Å². The highest BCUT2D eigenvalue weighted by Crippen LogP contribution is 2.26. The summed E-state index contributed by atoms with van der Waals surface area (Å²) in [5.74, 6) is 0.758. The zero-order chi connectivity index (χ0) is 21.2. The van der Waals surface area contributed by atoms with Crippen LogP contribution in [-0.4, -0.2) is 24.8 Å². The molecule has 9 heteroatoms. The number of rotatable bonds is 6. The highest BCUT2D eigenvalue weighted by Gasteiger charge is 2.22. The van der Waals surface area contributed by atoms with Crippen molar-refractivity contribution in [3.63, 3.8) is 0 Å². The molecule has 0 aliphatic carbocycles. The molecule has 0 radical (unpaired) electrons. The first kappa shape index (κ1) is 21.2. The maximum atomic E-state index is 12.5. The number of amides is 1. The molecular formula is C20H23N3O4S2. The maximum absolute atomic E-state index is 12.5. The summed E-state index contributed by atoms with van der Waals surface area (Å²) >= 11 is 1.51. The number of aryl methyl sites for hydroxylation is 1. The number of oxazole rings is 1. The van der Waals surface area contributed by atoms with Crippen LogP contribution in [0.4, 0.5) is 5.69 Å². The van der Waals surface area contributed by atoms with Gasteiger partial charge in [-0.2, -0.15) is 0 Å². The first-order chi connectivity index (χ1) is 13.5. The van der Waals surface area contributed by atoms with Crippen molar-refractivity contribution < 1.29 is 17.6 Å². The molecule has 154 valence electrons.